The number of carbonyl (C=O) groups excluding carboxylic acids is 3. The molecule has 11 nitrogen and oxygen atoms in total. The molecule has 0 saturated carbocycles. The number of hydrogen-bond acceptors (Lipinski definition) is 8. The van der Waals surface area contributed by atoms with Crippen molar-refractivity contribution in [1.29, 1.82) is 0 Å². The average molecular weight is 434 g/mol. The van der Waals surface area contributed by atoms with Crippen molar-refractivity contribution >= 4 is 23.7 Å². The van der Waals surface area contributed by atoms with Gasteiger partial charge < -0.3 is 19.7 Å². The third-order valence-electron chi connectivity index (χ3n) is 5.47. The number of hydrogen-bond donors (Lipinski definition) is 1. The Balaban J connectivity index is 1.43. The van der Waals surface area contributed by atoms with E-state index in [0.717, 1.165) is 0 Å². The van der Waals surface area contributed by atoms with Gasteiger partial charge in [0.1, 0.15) is 12.7 Å². The van der Waals surface area contributed by atoms with Crippen molar-refractivity contribution in [2.75, 3.05) is 26.7 Å². The molecule has 2 aliphatic heterocycles. The van der Waals surface area contributed by atoms with Gasteiger partial charge in [0.15, 0.2) is 0 Å². The molecule has 2 fully saturated rings. The third kappa shape index (κ3) is 5.91. The van der Waals surface area contributed by atoms with Crippen LogP contribution in [0, 0.1) is 10.1 Å². The van der Waals surface area contributed by atoms with Crippen LogP contribution in [0.25, 0.3) is 0 Å². The molecular formula is C20H26N4O7. The number of non-ortho nitro benzene ring substituents is 1. The number of rotatable bonds is 6. The third-order valence-corrected chi connectivity index (χ3v) is 5.47. The summed E-state index contributed by atoms with van der Waals surface area (Å²) >= 11 is 0. The second-order valence-corrected chi connectivity index (χ2v) is 7.84. The monoisotopic (exact) mass is 434 g/mol. The van der Waals surface area contributed by atoms with E-state index in [1.807, 2.05) is 11.9 Å². The molecule has 11 heteroatoms. The molecule has 0 bridgehead atoms. The molecule has 31 heavy (non-hydrogen) atoms. The van der Waals surface area contributed by atoms with Gasteiger partial charge in [-0.1, -0.05) is 0 Å². The number of likely N-dealkylation sites (tertiary alicyclic amines) is 2. The van der Waals surface area contributed by atoms with Crippen LogP contribution in [0.3, 0.4) is 0 Å². The van der Waals surface area contributed by atoms with E-state index in [9.17, 15) is 24.5 Å². The molecule has 1 N–H and O–H groups in total. The first-order chi connectivity index (χ1) is 14.7. The molecular weight excluding hydrogens is 408 g/mol. The Hall–Kier alpha value is -3.21. The molecule has 2 amide bonds. The fraction of sp³-hybridized carbons (Fsp3) is 0.550. The van der Waals surface area contributed by atoms with Crippen molar-refractivity contribution in [2.45, 2.75) is 44.6 Å². The molecule has 3 atom stereocenters. The summed E-state index contributed by atoms with van der Waals surface area (Å²) in [5, 5.41) is 13.4. The van der Waals surface area contributed by atoms with E-state index in [2.05, 4.69) is 5.32 Å². The molecule has 1 aromatic carbocycles. The Morgan fingerprint density at radius 3 is 2.58 bits per heavy atom. The zero-order chi connectivity index (χ0) is 22.5. The van der Waals surface area contributed by atoms with Crippen LogP contribution in [0.1, 0.15) is 25.3 Å². The SMILES string of the molecule is CC(=O)O[C@@H]1C[C@@H](C(=O)N2CC[C@H](NC(=O)OCc3ccc([N+](=O)[O-])cc3)C2)N(C)C1. The minimum atomic E-state index is -0.606. The first-order valence-electron chi connectivity index (χ1n) is 10.1. The number of carbonyl (C=O) groups is 3. The smallest absolute Gasteiger partial charge is 0.407 e. The summed E-state index contributed by atoms with van der Waals surface area (Å²) in [7, 11) is 1.83. The Labute approximate surface area is 179 Å². The summed E-state index contributed by atoms with van der Waals surface area (Å²) in [5.41, 5.74) is 0.603. The highest BCUT2D eigenvalue weighted by molar-refractivity contribution is 5.83. The highest BCUT2D eigenvalue weighted by Crippen LogP contribution is 2.23. The number of nitro benzene ring substituents is 1. The molecule has 0 aromatic heterocycles. The molecule has 0 radical (unpaired) electrons. The van der Waals surface area contributed by atoms with E-state index < -0.39 is 11.0 Å². The van der Waals surface area contributed by atoms with Crippen molar-refractivity contribution in [3.05, 3.63) is 39.9 Å². The van der Waals surface area contributed by atoms with Gasteiger partial charge in [-0.3, -0.25) is 24.6 Å². The van der Waals surface area contributed by atoms with Crippen LogP contribution in [0.2, 0.25) is 0 Å². The molecule has 0 spiro atoms. The standard InChI is InChI=1S/C20H26N4O7/c1-13(25)31-17-9-18(22(2)11-17)19(26)23-8-7-15(10-23)21-20(27)30-12-14-3-5-16(6-4-14)24(28)29/h3-6,15,17-18H,7-12H2,1-2H3,(H,21,27)/t15-,17+,18-/m0/s1. The van der Waals surface area contributed by atoms with Gasteiger partial charge in [0.2, 0.25) is 5.91 Å². The highest BCUT2D eigenvalue weighted by Gasteiger charge is 2.40. The Bertz CT molecular complexity index is 844. The molecule has 3 rings (SSSR count). The fourth-order valence-electron chi connectivity index (χ4n) is 3.92. The van der Waals surface area contributed by atoms with Crippen LogP contribution in [0.5, 0.6) is 0 Å². The number of nitrogens with one attached hydrogen (secondary N) is 1. The average Bonchev–Trinajstić information content (AvgIpc) is 3.32. The predicted molar refractivity (Wildman–Crippen MR) is 108 cm³/mol. The number of likely N-dealkylation sites (N-methyl/N-ethyl adjacent to an activating group) is 1. The minimum Gasteiger partial charge on any atom is -0.461 e. The number of amides is 2. The number of esters is 1. The van der Waals surface area contributed by atoms with E-state index in [4.69, 9.17) is 9.47 Å². The summed E-state index contributed by atoms with van der Waals surface area (Å²) < 4.78 is 10.4. The summed E-state index contributed by atoms with van der Waals surface area (Å²) in [6.45, 7) is 2.76. The van der Waals surface area contributed by atoms with Gasteiger partial charge in [-0.15, -0.1) is 0 Å². The number of nitrogens with zero attached hydrogens (tertiary/aromatic N) is 3. The Morgan fingerprint density at radius 2 is 1.94 bits per heavy atom. The summed E-state index contributed by atoms with van der Waals surface area (Å²) in [6, 6.07) is 5.19. The van der Waals surface area contributed by atoms with Crippen LogP contribution in [-0.4, -0.2) is 77.6 Å². The molecule has 1 aromatic rings. The van der Waals surface area contributed by atoms with Crippen LogP contribution in [0.15, 0.2) is 24.3 Å². The van der Waals surface area contributed by atoms with Crippen molar-refractivity contribution < 1.29 is 28.8 Å². The zero-order valence-corrected chi connectivity index (χ0v) is 17.5. The van der Waals surface area contributed by atoms with Gasteiger partial charge in [0, 0.05) is 45.1 Å². The quantitative estimate of drug-likeness (QED) is 0.399. The van der Waals surface area contributed by atoms with Crippen molar-refractivity contribution in [1.82, 2.24) is 15.1 Å². The maximum atomic E-state index is 12.9. The molecule has 0 unspecified atom stereocenters. The lowest BCUT2D eigenvalue weighted by atomic mass is 10.1. The van der Waals surface area contributed by atoms with E-state index in [1.54, 1.807) is 4.90 Å². The minimum absolute atomic E-state index is 0.0103. The zero-order valence-electron chi connectivity index (χ0n) is 17.5. The second kappa shape index (κ2) is 9.73. The van der Waals surface area contributed by atoms with Crippen molar-refractivity contribution in [3.63, 3.8) is 0 Å². The molecule has 2 saturated heterocycles. The molecule has 2 heterocycles. The summed E-state index contributed by atoms with van der Waals surface area (Å²) in [6.07, 6.45) is 0.177. The van der Waals surface area contributed by atoms with E-state index in [1.165, 1.54) is 31.2 Å². The van der Waals surface area contributed by atoms with E-state index in [0.29, 0.717) is 38.0 Å². The van der Waals surface area contributed by atoms with Crippen LogP contribution in [0.4, 0.5) is 10.5 Å². The number of alkyl carbamates (subject to hydrolysis) is 1. The van der Waals surface area contributed by atoms with Crippen molar-refractivity contribution in [2.24, 2.45) is 0 Å². The first kappa shape index (κ1) is 22.5. The van der Waals surface area contributed by atoms with E-state index in [-0.39, 0.29) is 42.4 Å². The topological polar surface area (TPSA) is 131 Å². The lowest BCUT2D eigenvalue weighted by molar-refractivity contribution is -0.384. The van der Waals surface area contributed by atoms with Gasteiger partial charge in [-0.25, -0.2) is 4.79 Å². The van der Waals surface area contributed by atoms with Gasteiger partial charge in [0.25, 0.3) is 5.69 Å². The Morgan fingerprint density at radius 1 is 1.23 bits per heavy atom. The normalized spacial score (nSPS) is 23.4. The predicted octanol–water partition coefficient (Wildman–Crippen LogP) is 1.06. The second-order valence-electron chi connectivity index (χ2n) is 7.84. The summed E-state index contributed by atoms with van der Waals surface area (Å²) in [5.74, 6) is -0.398. The lowest BCUT2D eigenvalue weighted by Gasteiger charge is -2.24. The Kier molecular flexibility index (Phi) is 7.06. The van der Waals surface area contributed by atoms with Crippen LogP contribution in [-0.2, 0) is 25.7 Å². The fourth-order valence-corrected chi connectivity index (χ4v) is 3.92. The largest absolute Gasteiger partial charge is 0.461 e. The molecule has 0 aliphatic carbocycles. The van der Waals surface area contributed by atoms with Gasteiger partial charge in [-0.2, -0.15) is 0 Å². The van der Waals surface area contributed by atoms with Crippen molar-refractivity contribution in [3.8, 4) is 0 Å². The first-order valence-corrected chi connectivity index (χ1v) is 10.1. The number of benzene rings is 1. The summed E-state index contributed by atoms with van der Waals surface area (Å²) in [4.78, 5) is 49.9. The van der Waals surface area contributed by atoms with Gasteiger partial charge in [-0.05, 0) is 31.2 Å². The molecule has 2 aliphatic rings. The number of nitro groups is 1. The van der Waals surface area contributed by atoms with Gasteiger partial charge >= 0.3 is 12.1 Å². The van der Waals surface area contributed by atoms with Gasteiger partial charge in [0.05, 0.1) is 17.0 Å². The molecule has 168 valence electrons. The maximum absolute atomic E-state index is 12.9. The van der Waals surface area contributed by atoms with Crippen LogP contribution >= 0.6 is 0 Å². The van der Waals surface area contributed by atoms with E-state index >= 15 is 0 Å². The highest BCUT2D eigenvalue weighted by atomic mass is 16.6. The number of ether oxygens (including phenoxy) is 2. The lowest BCUT2D eigenvalue weighted by Crippen LogP contribution is -2.45. The maximum Gasteiger partial charge on any atom is 0.407 e. The van der Waals surface area contributed by atoms with Crippen LogP contribution < -0.4 is 5.32 Å².